The zero-order valence-corrected chi connectivity index (χ0v) is 31.9. The van der Waals surface area contributed by atoms with Crippen LogP contribution < -0.4 is 31.9 Å². The van der Waals surface area contributed by atoms with Gasteiger partial charge in [0.15, 0.2) is 0 Å². The van der Waals surface area contributed by atoms with E-state index in [0.29, 0.717) is 0 Å². The summed E-state index contributed by atoms with van der Waals surface area (Å²) in [5, 5.41) is 78.8. The molecule has 4 atom stereocenters. The Morgan fingerprint density at radius 2 is 0.869 bits per heavy atom. The number of non-ortho nitro benzene ring substituents is 1. The number of nitro benzene ring substituents is 1. The fourth-order valence-electron chi connectivity index (χ4n) is 4.98. The highest BCUT2D eigenvalue weighted by Gasteiger charge is 2.30. The summed E-state index contributed by atoms with van der Waals surface area (Å²) in [6, 6.07) is -4.25. The minimum Gasteiger partial charge on any atom is -0.481 e. The number of hydrogen-bond acceptors (Lipinski definition) is 14. The third-order valence-electron chi connectivity index (χ3n) is 7.97. The number of carboxylic acid groups (broad SMARTS) is 6. The first-order valence-corrected chi connectivity index (χ1v) is 17.9. The number of nitro groups is 1. The number of rotatable bonds is 29. The molecule has 0 fully saturated rings. The van der Waals surface area contributed by atoms with Crippen LogP contribution in [-0.4, -0.2) is 144 Å². The van der Waals surface area contributed by atoms with Crippen molar-refractivity contribution in [2.45, 2.75) is 88.4 Å². The molecule has 1 aromatic rings. The Bertz CT molecular complexity index is 1760. The lowest BCUT2D eigenvalue weighted by atomic mass is 10.1. The molecular formula is C34H43N7O20. The van der Waals surface area contributed by atoms with E-state index in [0.717, 1.165) is 18.2 Å². The maximum absolute atomic E-state index is 12.8. The van der Waals surface area contributed by atoms with Crippen molar-refractivity contribution in [1.29, 1.82) is 0 Å². The van der Waals surface area contributed by atoms with E-state index < -0.39 is 157 Å². The molecule has 1 rings (SSSR count). The topological polar surface area (TPSA) is 442 Å². The molecule has 0 radical (unpaired) electrons. The van der Waals surface area contributed by atoms with E-state index in [1.807, 2.05) is 10.6 Å². The van der Waals surface area contributed by atoms with Gasteiger partial charge in [0.2, 0.25) is 23.6 Å². The molecule has 1 aromatic carbocycles. The van der Waals surface area contributed by atoms with E-state index in [-0.39, 0.29) is 37.1 Å². The predicted octanol–water partition coefficient (Wildman–Crippen LogP) is -2.60. The van der Waals surface area contributed by atoms with E-state index in [1.165, 1.54) is 0 Å². The molecule has 334 valence electrons. The van der Waals surface area contributed by atoms with Gasteiger partial charge in [0.25, 0.3) is 17.5 Å². The zero-order chi connectivity index (χ0) is 46.4. The van der Waals surface area contributed by atoms with E-state index >= 15 is 0 Å². The molecule has 12 N–H and O–H groups in total. The smallest absolute Gasteiger partial charge is 0.326 e. The normalized spacial score (nSPS) is 12.5. The van der Waals surface area contributed by atoms with Crippen LogP contribution in [0.15, 0.2) is 18.2 Å². The third-order valence-corrected chi connectivity index (χ3v) is 7.97. The van der Waals surface area contributed by atoms with Crippen molar-refractivity contribution in [2.24, 2.45) is 0 Å². The number of carboxylic acids is 6. The van der Waals surface area contributed by atoms with E-state index in [2.05, 4.69) is 21.3 Å². The molecule has 27 heteroatoms. The molecular weight excluding hydrogens is 826 g/mol. The first-order valence-electron chi connectivity index (χ1n) is 17.9. The molecule has 61 heavy (non-hydrogen) atoms. The molecule has 0 bridgehead atoms. The second-order valence-electron chi connectivity index (χ2n) is 12.8. The van der Waals surface area contributed by atoms with Gasteiger partial charge < -0.3 is 62.5 Å². The Hall–Kier alpha value is -7.74. The van der Waals surface area contributed by atoms with Crippen LogP contribution in [0.1, 0.15) is 84.9 Å². The van der Waals surface area contributed by atoms with Gasteiger partial charge in [-0.3, -0.25) is 58.1 Å². The molecule has 0 saturated carbocycles. The predicted molar refractivity (Wildman–Crippen MR) is 197 cm³/mol. The van der Waals surface area contributed by atoms with Crippen LogP contribution in [0.25, 0.3) is 0 Å². The number of carbonyl (C=O) groups is 12. The Balaban J connectivity index is 2.81. The molecule has 0 heterocycles. The van der Waals surface area contributed by atoms with Gasteiger partial charge in [0.1, 0.15) is 24.2 Å². The maximum atomic E-state index is 12.8. The first-order chi connectivity index (χ1) is 28.5. The minimum atomic E-state index is -1.76. The standard InChI is InChI=1S/C34H43N7O20/c42-23(37-21(14-27(48)49)31(54)39-19(33(56)57)5-7-25(44)45)3-1-9-35-29(52)16-11-17(13-18(12-16)41(60)61)30(53)36-10-2-4-24(43)38-22(15-28(50)51)32(55)40-20(34(58)59)6-8-26(46)47/h11-13,19-22H,1-10,14-15H2,(H,35,52)(H,36,53)(H,37,42)(H,38,43)(H,39,54)(H,40,55)(H,44,45)(H,46,47)(H,48,49)(H,50,51)(H,56,57)(H,58,59)/t19-,20?,21-,22?/m0/s1. The maximum Gasteiger partial charge on any atom is 0.326 e. The van der Waals surface area contributed by atoms with Crippen molar-refractivity contribution in [3.05, 3.63) is 39.4 Å². The lowest BCUT2D eigenvalue weighted by molar-refractivity contribution is -0.384. The quantitative estimate of drug-likeness (QED) is 0.0223. The molecule has 0 aliphatic rings. The number of benzene rings is 1. The molecule has 0 aliphatic carbocycles. The summed E-state index contributed by atoms with van der Waals surface area (Å²) in [7, 11) is 0. The van der Waals surface area contributed by atoms with Gasteiger partial charge in [-0.2, -0.15) is 0 Å². The average molecular weight is 870 g/mol. The van der Waals surface area contributed by atoms with E-state index in [1.54, 1.807) is 0 Å². The van der Waals surface area contributed by atoms with Crippen molar-refractivity contribution < 1.29 is 93.1 Å². The highest BCUT2D eigenvalue weighted by Crippen LogP contribution is 2.18. The molecule has 2 unspecified atom stereocenters. The number of aliphatic carboxylic acids is 6. The summed E-state index contributed by atoms with van der Waals surface area (Å²) in [6.07, 6.45) is -5.39. The van der Waals surface area contributed by atoms with E-state index in [4.69, 9.17) is 20.4 Å². The van der Waals surface area contributed by atoms with Crippen molar-refractivity contribution in [2.75, 3.05) is 13.1 Å². The lowest BCUT2D eigenvalue weighted by Gasteiger charge is -2.20. The van der Waals surface area contributed by atoms with E-state index in [9.17, 15) is 77.9 Å². The van der Waals surface area contributed by atoms with Crippen LogP contribution in [0.2, 0.25) is 0 Å². The van der Waals surface area contributed by atoms with Crippen molar-refractivity contribution in [3.8, 4) is 0 Å². The summed E-state index contributed by atoms with van der Waals surface area (Å²) >= 11 is 0. The Labute approximate surface area is 342 Å². The fourth-order valence-corrected chi connectivity index (χ4v) is 4.98. The Morgan fingerprint density at radius 3 is 1.16 bits per heavy atom. The van der Waals surface area contributed by atoms with Gasteiger partial charge >= 0.3 is 35.8 Å². The Kier molecular flexibility index (Phi) is 21.5. The van der Waals surface area contributed by atoms with Crippen LogP contribution in [-0.2, 0) is 47.9 Å². The molecule has 0 saturated heterocycles. The number of nitrogens with one attached hydrogen (secondary N) is 6. The molecule has 0 spiro atoms. The van der Waals surface area contributed by atoms with Crippen LogP contribution in [0, 0.1) is 10.1 Å². The number of carbonyl (C=O) groups excluding carboxylic acids is 6. The van der Waals surface area contributed by atoms with Gasteiger partial charge in [-0.05, 0) is 31.7 Å². The minimum absolute atomic E-state index is 0.136. The third kappa shape index (κ3) is 20.5. The SMILES string of the molecule is O=C(O)CCC(NC(=O)C(CC(=O)O)NC(=O)CCCNC(=O)c1cc(C(=O)NCCCC(=O)N[C@@H](CC(=O)O)C(=O)N[C@@H](CCC(=O)O)C(=O)O)cc([N+](=O)[O-])c1)C(=O)O. The number of nitrogens with zero attached hydrogens (tertiary/aromatic N) is 1. The molecule has 27 nitrogen and oxygen atoms in total. The van der Waals surface area contributed by atoms with Gasteiger partial charge in [-0.25, -0.2) is 9.59 Å². The van der Waals surface area contributed by atoms with Crippen molar-refractivity contribution in [3.63, 3.8) is 0 Å². The average Bonchev–Trinajstić information content (AvgIpc) is 3.16. The largest absolute Gasteiger partial charge is 0.481 e. The van der Waals surface area contributed by atoms with Gasteiger partial charge in [-0.15, -0.1) is 0 Å². The highest BCUT2D eigenvalue weighted by atomic mass is 16.6. The summed E-state index contributed by atoms with van der Waals surface area (Å²) in [4.78, 5) is 153. The second-order valence-corrected chi connectivity index (χ2v) is 12.8. The van der Waals surface area contributed by atoms with Gasteiger partial charge in [0.05, 0.1) is 17.8 Å². The lowest BCUT2D eigenvalue weighted by Crippen LogP contribution is -2.52. The summed E-state index contributed by atoms with van der Waals surface area (Å²) in [5.41, 5.74) is -1.41. The Morgan fingerprint density at radius 1 is 0.508 bits per heavy atom. The van der Waals surface area contributed by atoms with Crippen molar-refractivity contribution >= 4 is 76.9 Å². The monoisotopic (exact) mass is 869 g/mol. The highest BCUT2D eigenvalue weighted by molar-refractivity contribution is 6.01. The van der Waals surface area contributed by atoms with Gasteiger partial charge in [-0.1, -0.05) is 0 Å². The van der Waals surface area contributed by atoms with Crippen LogP contribution >= 0.6 is 0 Å². The van der Waals surface area contributed by atoms with Gasteiger partial charge in [0, 0.05) is 62.0 Å². The summed E-state index contributed by atoms with van der Waals surface area (Å²) < 4.78 is 0. The zero-order valence-electron chi connectivity index (χ0n) is 31.9. The van der Waals surface area contributed by atoms with Crippen LogP contribution in [0.5, 0.6) is 0 Å². The molecule has 0 aromatic heterocycles. The number of hydrogen-bond donors (Lipinski definition) is 12. The van der Waals surface area contributed by atoms with Crippen molar-refractivity contribution in [1.82, 2.24) is 31.9 Å². The fraction of sp³-hybridized carbons (Fsp3) is 0.471. The summed E-state index contributed by atoms with van der Waals surface area (Å²) in [5.74, 6) is -15.1. The molecule has 0 aliphatic heterocycles. The first kappa shape index (κ1) is 51.3. The summed E-state index contributed by atoms with van der Waals surface area (Å²) in [6.45, 7) is -0.519. The van der Waals surface area contributed by atoms with Crippen LogP contribution in [0.4, 0.5) is 5.69 Å². The second kappa shape index (κ2) is 25.6. The number of amides is 6. The van der Waals surface area contributed by atoms with Crippen LogP contribution in [0.3, 0.4) is 0 Å². The molecule has 6 amide bonds.